The van der Waals surface area contributed by atoms with Crippen molar-refractivity contribution in [2.75, 3.05) is 14.2 Å². The van der Waals surface area contributed by atoms with Crippen LogP contribution in [0.3, 0.4) is 0 Å². The summed E-state index contributed by atoms with van der Waals surface area (Å²) >= 11 is 3.33. The smallest absolute Gasteiger partial charge is 0.343 e. The second-order valence-electron chi connectivity index (χ2n) is 6.71. The fourth-order valence-electron chi connectivity index (χ4n) is 2.79. The minimum absolute atomic E-state index is 0.238. The molecule has 3 rings (SSSR count). The lowest BCUT2D eigenvalue weighted by Crippen LogP contribution is -2.18. The highest BCUT2D eigenvalue weighted by Gasteiger charge is 2.14. The van der Waals surface area contributed by atoms with Crippen molar-refractivity contribution in [2.24, 2.45) is 5.10 Å². The summed E-state index contributed by atoms with van der Waals surface area (Å²) in [6, 6.07) is 17.1. The molecule has 0 spiro atoms. The molecule has 3 aromatic carbocycles. The van der Waals surface area contributed by atoms with Crippen LogP contribution in [-0.4, -0.2) is 32.3 Å². The third-order valence-corrected chi connectivity index (χ3v) is 4.96. The summed E-state index contributed by atoms with van der Waals surface area (Å²) < 4.78 is 16.7. The van der Waals surface area contributed by atoms with Crippen LogP contribution in [0.1, 0.15) is 31.8 Å². The number of carbonyl (C=O) groups is 2. The lowest BCUT2D eigenvalue weighted by atomic mass is 10.1. The molecule has 0 aliphatic carbocycles. The van der Waals surface area contributed by atoms with E-state index in [0.717, 1.165) is 10.0 Å². The van der Waals surface area contributed by atoms with E-state index in [-0.39, 0.29) is 5.75 Å². The van der Waals surface area contributed by atoms with Gasteiger partial charge >= 0.3 is 5.97 Å². The van der Waals surface area contributed by atoms with Gasteiger partial charge in [0, 0.05) is 4.47 Å². The Labute approximate surface area is 194 Å². The van der Waals surface area contributed by atoms with Crippen LogP contribution in [0.2, 0.25) is 0 Å². The third kappa shape index (κ3) is 5.73. The van der Waals surface area contributed by atoms with E-state index in [1.165, 1.54) is 20.4 Å². The SMILES string of the molecule is COc1ccc(/C=N\NC(=O)c2cc(Br)ccc2OC)cc1OC(=O)c1ccc(C)cc1. The van der Waals surface area contributed by atoms with Gasteiger partial charge in [0.15, 0.2) is 11.5 Å². The zero-order valence-corrected chi connectivity index (χ0v) is 19.3. The second-order valence-corrected chi connectivity index (χ2v) is 7.63. The molecule has 0 bridgehead atoms. The van der Waals surface area contributed by atoms with Gasteiger partial charge in [-0.05, 0) is 61.0 Å². The molecule has 0 saturated heterocycles. The Bertz CT molecular complexity index is 1160. The molecule has 0 radical (unpaired) electrons. The Morgan fingerprint density at radius 2 is 1.59 bits per heavy atom. The first-order valence-electron chi connectivity index (χ1n) is 9.55. The molecule has 164 valence electrons. The van der Waals surface area contributed by atoms with Gasteiger partial charge in [-0.3, -0.25) is 4.79 Å². The van der Waals surface area contributed by atoms with E-state index in [9.17, 15) is 9.59 Å². The Kier molecular flexibility index (Phi) is 7.62. The Balaban J connectivity index is 1.74. The van der Waals surface area contributed by atoms with Crippen molar-refractivity contribution in [3.05, 3.63) is 87.4 Å². The largest absolute Gasteiger partial charge is 0.496 e. The molecular weight excluding hydrogens is 476 g/mol. The lowest BCUT2D eigenvalue weighted by molar-refractivity contribution is 0.0729. The first-order valence-corrected chi connectivity index (χ1v) is 10.3. The number of carbonyl (C=O) groups excluding carboxylic acids is 2. The first kappa shape index (κ1) is 23.0. The van der Waals surface area contributed by atoms with Crippen LogP contribution in [0.4, 0.5) is 0 Å². The summed E-state index contributed by atoms with van der Waals surface area (Å²) in [4.78, 5) is 24.9. The molecular formula is C24H21BrN2O5. The molecule has 0 aliphatic rings. The number of methoxy groups -OCH3 is 2. The van der Waals surface area contributed by atoms with Crippen LogP contribution in [0, 0.1) is 6.92 Å². The van der Waals surface area contributed by atoms with Crippen molar-refractivity contribution in [3.63, 3.8) is 0 Å². The zero-order chi connectivity index (χ0) is 23.1. The Hall–Kier alpha value is -3.65. The molecule has 0 aromatic heterocycles. The lowest BCUT2D eigenvalue weighted by Gasteiger charge is -2.10. The van der Waals surface area contributed by atoms with Crippen molar-refractivity contribution < 1.29 is 23.8 Å². The fourth-order valence-corrected chi connectivity index (χ4v) is 3.15. The average Bonchev–Trinajstić information content (AvgIpc) is 2.79. The number of aryl methyl sites for hydroxylation is 1. The average molecular weight is 497 g/mol. The molecule has 1 amide bonds. The van der Waals surface area contributed by atoms with Gasteiger partial charge in [0.05, 0.1) is 31.6 Å². The monoisotopic (exact) mass is 496 g/mol. The number of ether oxygens (including phenoxy) is 3. The molecule has 0 saturated carbocycles. The number of nitrogens with zero attached hydrogens (tertiary/aromatic N) is 1. The summed E-state index contributed by atoms with van der Waals surface area (Å²) in [6.07, 6.45) is 1.44. The third-order valence-electron chi connectivity index (χ3n) is 4.46. The summed E-state index contributed by atoms with van der Waals surface area (Å²) in [7, 11) is 2.97. The minimum atomic E-state index is -0.507. The van der Waals surface area contributed by atoms with Crippen LogP contribution in [0.25, 0.3) is 0 Å². The van der Waals surface area contributed by atoms with Gasteiger partial charge in [-0.25, -0.2) is 10.2 Å². The van der Waals surface area contributed by atoms with Crippen molar-refractivity contribution in [2.45, 2.75) is 6.92 Å². The maximum Gasteiger partial charge on any atom is 0.343 e. The van der Waals surface area contributed by atoms with Crippen molar-refractivity contribution in [3.8, 4) is 17.2 Å². The number of amides is 1. The van der Waals surface area contributed by atoms with Crippen LogP contribution in [-0.2, 0) is 0 Å². The Morgan fingerprint density at radius 1 is 0.906 bits per heavy atom. The van der Waals surface area contributed by atoms with Gasteiger partial charge < -0.3 is 14.2 Å². The second kappa shape index (κ2) is 10.6. The minimum Gasteiger partial charge on any atom is -0.496 e. The van der Waals surface area contributed by atoms with Gasteiger partial charge in [0.1, 0.15) is 5.75 Å². The summed E-state index contributed by atoms with van der Waals surface area (Å²) in [6.45, 7) is 1.94. The maximum absolute atomic E-state index is 12.5. The number of hydrogen-bond donors (Lipinski definition) is 1. The fraction of sp³-hybridized carbons (Fsp3) is 0.125. The number of hydrogen-bond acceptors (Lipinski definition) is 6. The summed E-state index contributed by atoms with van der Waals surface area (Å²) in [5.74, 6) is 0.120. The summed E-state index contributed by atoms with van der Waals surface area (Å²) in [5.41, 5.74) is 4.86. The molecule has 1 N–H and O–H groups in total. The Morgan fingerprint density at radius 3 is 2.28 bits per heavy atom. The van der Waals surface area contributed by atoms with E-state index < -0.39 is 11.9 Å². The molecule has 0 atom stereocenters. The molecule has 7 nitrogen and oxygen atoms in total. The molecule has 8 heteroatoms. The summed E-state index contributed by atoms with van der Waals surface area (Å²) in [5, 5.41) is 3.99. The van der Waals surface area contributed by atoms with Crippen molar-refractivity contribution in [1.29, 1.82) is 0 Å². The van der Waals surface area contributed by atoms with Gasteiger partial charge in [-0.15, -0.1) is 0 Å². The highest BCUT2D eigenvalue weighted by molar-refractivity contribution is 9.10. The molecule has 32 heavy (non-hydrogen) atoms. The van der Waals surface area contributed by atoms with Gasteiger partial charge in [-0.1, -0.05) is 33.6 Å². The number of esters is 1. The first-order chi connectivity index (χ1) is 15.4. The number of nitrogens with one attached hydrogen (secondary N) is 1. The van der Waals surface area contributed by atoms with Crippen molar-refractivity contribution in [1.82, 2.24) is 5.43 Å². The van der Waals surface area contributed by atoms with E-state index in [1.807, 2.05) is 19.1 Å². The van der Waals surface area contributed by atoms with Crippen molar-refractivity contribution >= 4 is 34.0 Å². The standard InChI is InChI=1S/C24H21BrN2O5/c1-15-4-7-17(8-5-15)24(29)32-22-12-16(6-10-21(22)31-3)14-26-27-23(28)19-13-18(25)9-11-20(19)30-2/h4-14H,1-3H3,(H,27,28)/b26-14-. The van der Waals surface area contributed by atoms with E-state index in [0.29, 0.717) is 28.2 Å². The topological polar surface area (TPSA) is 86.2 Å². The van der Waals surface area contributed by atoms with E-state index in [1.54, 1.807) is 48.5 Å². The quantitative estimate of drug-likeness (QED) is 0.220. The van der Waals surface area contributed by atoms with Crippen LogP contribution in [0.5, 0.6) is 17.2 Å². The molecule has 0 unspecified atom stereocenters. The van der Waals surface area contributed by atoms with E-state index in [4.69, 9.17) is 14.2 Å². The predicted octanol–water partition coefficient (Wildman–Crippen LogP) is 4.76. The van der Waals surface area contributed by atoms with Gasteiger partial charge in [0.2, 0.25) is 0 Å². The predicted molar refractivity (Wildman–Crippen MR) is 125 cm³/mol. The van der Waals surface area contributed by atoms with Gasteiger partial charge in [-0.2, -0.15) is 5.10 Å². The molecule has 0 fully saturated rings. The van der Waals surface area contributed by atoms with E-state index >= 15 is 0 Å². The molecule has 0 heterocycles. The zero-order valence-electron chi connectivity index (χ0n) is 17.7. The highest BCUT2D eigenvalue weighted by Crippen LogP contribution is 2.28. The number of hydrazone groups is 1. The normalized spacial score (nSPS) is 10.6. The number of rotatable bonds is 7. The molecule has 0 aliphatic heterocycles. The maximum atomic E-state index is 12.5. The highest BCUT2D eigenvalue weighted by atomic mass is 79.9. The van der Waals surface area contributed by atoms with Crippen LogP contribution < -0.4 is 19.6 Å². The van der Waals surface area contributed by atoms with Gasteiger partial charge in [0.25, 0.3) is 5.91 Å². The van der Waals surface area contributed by atoms with E-state index in [2.05, 4.69) is 26.5 Å². The number of benzene rings is 3. The van der Waals surface area contributed by atoms with Crippen LogP contribution >= 0.6 is 15.9 Å². The van der Waals surface area contributed by atoms with Crippen LogP contribution in [0.15, 0.2) is 70.2 Å². The number of halogens is 1. The molecule has 3 aromatic rings.